The Morgan fingerprint density at radius 1 is 1.40 bits per heavy atom. The van der Waals surface area contributed by atoms with Crippen LogP contribution in [0, 0.1) is 5.92 Å². The van der Waals surface area contributed by atoms with Crippen LogP contribution in [-0.4, -0.2) is 48.2 Å². The molecule has 1 aliphatic heterocycles. The molecule has 1 unspecified atom stereocenters. The van der Waals surface area contributed by atoms with Crippen LogP contribution in [0.25, 0.3) is 0 Å². The summed E-state index contributed by atoms with van der Waals surface area (Å²) in [5, 5.41) is 12.3. The van der Waals surface area contributed by atoms with Crippen LogP contribution in [-0.2, 0) is 4.79 Å². The molecule has 0 amide bonds. The van der Waals surface area contributed by atoms with Gasteiger partial charge in [-0.25, -0.2) is 0 Å². The van der Waals surface area contributed by atoms with E-state index in [2.05, 4.69) is 16.3 Å². The van der Waals surface area contributed by atoms with Crippen LogP contribution < -0.4 is 5.32 Å². The van der Waals surface area contributed by atoms with Crippen LogP contribution in [0.1, 0.15) is 12.8 Å². The third-order valence-corrected chi connectivity index (χ3v) is 3.27. The van der Waals surface area contributed by atoms with Gasteiger partial charge in [-0.3, -0.25) is 9.69 Å². The van der Waals surface area contributed by atoms with Crippen LogP contribution in [0.4, 0.5) is 0 Å². The normalized spacial score (nSPS) is 32.8. The maximum Gasteiger partial charge on any atom is 0.306 e. The number of aliphatic carboxylic acids is 1. The molecule has 0 spiro atoms. The molecule has 0 aromatic heterocycles. The van der Waals surface area contributed by atoms with E-state index in [9.17, 15) is 4.79 Å². The third-order valence-electron chi connectivity index (χ3n) is 3.27. The minimum atomic E-state index is -0.653. The predicted octanol–water partition coefficient (Wildman–Crippen LogP) is 0.311. The molecule has 2 atom stereocenters. The summed E-state index contributed by atoms with van der Waals surface area (Å²) in [6, 6.07) is 0.335. The summed E-state index contributed by atoms with van der Waals surface area (Å²) in [4.78, 5) is 13.3. The average molecular weight is 210 g/mol. The van der Waals surface area contributed by atoms with Gasteiger partial charge in [-0.05, 0) is 12.8 Å². The minimum absolute atomic E-state index is 0.185. The molecular formula is C11H18N2O2. The topological polar surface area (TPSA) is 52.6 Å². The molecule has 0 aromatic carbocycles. The fraction of sp³-hybridized carbons (Fsp3) is 0.727. The average Bonchev–Trinajstić information content (AvgIpc) is 2.30. The van der Waals surface area contributed by atoms with Crippen LogP contribution in [0.5, 0.6) is 0 Å². The highest BCUT2D eigenvalue weighted by molar-refractivity contribution is 5.70. The van der Waals surface area contributed by atoms with Gasteiger partial charge in [-0.15, -0.1) is 0 Å². The van der Waals surface area contributed by atoms with Crippen molar-refractivity contribution < 1.29 is 9.90 Å². The van der Waals surface area contributed by atoms with Gasteiger partial charge in [-0.2, -0.15) is 0 Å². The van der Waals surface area contributed by atoms with E-state index in [0.29, 0.717) is 12.5 Å². The van der Waals surface area contributed by atoms with Crippen molar-refractivity contribution in [2.75, 3.05) is 26.2 Å². The molecule has 1 aliphatic carbocycles. The first-order valence-electron chi connectivity index (χ1n) is 5.61. The molecule has 0 radical (unpaired) electrons. The number of hydrogen-bond donors (Lipinski definition) is 2. The van der Waals surface area contributed by atoms with Crippen molar-refractivity contribution in [3.63, 3.8) is 0 Å². The molecule has 2 rings (SSSR count). The van der Waals surface area contributed by atoms with Crippen molar-refractivity contribution in [3.05, 3.63) is 12.2 Å². The second kappa shape index (κ2) is 4.77. The molecule has 2 N–H and O–H groups in total. The number of nitrogens with one attached hydrogen (secondary N) is 1. The number of rotatable bonds is 2. The summed E-state index contributed by atoms with van der Waals surface area (Å²) in [6.45, 7) is 4.09. The van der Waals surface area contributed by atoms with Gasteiger partial charge in [0.15, 0.2) is 0 Å². The van der Waals surface area contributed by atoms with Crippen molar-refractivity contribution in [2.24, 2.45) is 5.92 Å². The van der Waals surface area contributed by atoms with E-state index in [-0.39, 0.29) is 5.92 Å². The summed E-state index contributed by atoms with van der Waals surface area (Å²) in [5.74, 6) is -0.839. The Morgan fingerprint density at radius 3 is 2.80 bits per heavy atom. The molecule has 0 bridgehead atoms. The van der Waals surface area contributed by atoms with Crippen LogP contribution in [0.15, 0.2) is 12.2 Å². The Balaban J connectivity index is 1.94. The molecule has 15 heavy (non-hydrogen) atoms. The number of piperazine rings is 1. The molecule has 4 heteroatoms. The van der Waals surface area contributed by atoms with Crippen LogP contribution in [0.2, 0.25) is 0 Å². The van der Waals surface area contributed by atoms with Crippen molar-refractivity contribution in [2.45, 2.75) is 18.9 Å². The largest absolute Gasteiger partial charge is 0.481 e. The lowest BCUT2D eigenvalue weighted by atomic mass is 9.90. The summed E-state index contributed by atoms with van der Waals surface area (Å²) in [6.07, 6.45) is 5.66. The third kappa shape index (κ3) is 2.58. The Hall–Kier alpha value is -0.870. The molecule has 2 aliphatic rings. The first kappa shape index (κ1) is 10.6. The summed E-state index contributed by atoms with van der Waals surface area (Å²) < 4.78 is 0. The SMILES string of the molecule is O=C(O)[C@H]1CC=CC(N2CCNCC2)C1. The second-order valence-electron chi connectivity index (χ2n) is 4.29. The number of carboxylic acid groups (broad SMARTS) is 1. The van der Waals surface area contributed by atoms with Crippen molar-refractivity contribution >= 4 is 5.97 Å². The highest BCUT2D eigenvalue weighted by atomic mass is 16.4. The Kier molecular flexibility index (Phi) is 3.38. The van der Waals surface area contributed by atoms with Gasteiger partial charge >= 0.3 is 5.97 Å². The molecule has 1 heterocycles. The Labute approximate surface area is 90.0 Å². The molecule has 1 saturated heterocycles. The van der Waals surface area contributed by atoms with E-state index in [1.165, 1.54) is 0 Å². The number of allylic oxidation sites excluding steroid dienone is 1. The number of hydrogen-bond acceptors (Lipinski definition) is 3. The lowest BCUT2D eigenvalue weighted by Gasteiger charge is -2.36. The van der Waals surface area contributed by atoms with Crippen LogP contribution >= 0.6 is 0 Å². The highest BCUT2D eigenvalue weighted by Crippen LogP contribution is 2.22. The van der Waals surface area contributed by atoms with Gasteiger partial charge in [0.1, 0.15) is 0 Å². The van der Waals surface area contributed by atoms with Gasteiger partial charge in [0.25, 0.3) is 0 Å². The van der Waals surface area contributed by atoms with Gasteiger partial charge < -0.3 is 10.4 Å². The zero-order chi connectivity index (χ0) is 10.7. The molecule has 1 fully saturated rings. The highest BCUT2D eigenvalue weighted by Gasteiger charge is 2.27. The zero-order valence-corrected chi connectivity index (χ0v) is 8.85. The molecule has 4 nitrogen and oxygen atoms in total. The predicted molar refractivity (Wildman–Crippen MR) is 57.7 cm³/mol. The maximum absolute atomic E-state index is 10.9. The van der Waals surface area contributed by atoms with Crippen molar-refractivity contribution in [3.8, 4) is 0 Å². The van der Waals surface area contributed by atoms with Crippen LogP contribution in [0.3, 0.4) is 0 Å². The van der Waals surface area contributed by atoms with E-state index >= 15 is 0 Å². The lowest BCUT2D eigenvalue weighted by molar-refractivity contribution is -0.142. The van der Waals surface area contributed by atoms with Gasteiger partial charge in [0.05, 0.1) is 5.92 Å². The maximum atomic E-state index is 10.9. The van der Waals surface area contributed by atoms with E-state index in [1.807, 2.05) is 6.08 Å². The lowest BCUT2D eigenvalue weighted by Crippen LogP contribution is -2.49. The van der Waals surface area contributed by atoms with Gasteiger partial charge in [0.2, 0.25) is 0 Å². The quantitative estimate of drug-likeness (QED) is 0.644. The Morgan fingerprint density at radius 2 is 2.13 bits per heavy atom. The summed E-state index contributed by atoms with van der Waals surface area (Å²) in [7, 11) is 0. The van der Waals surface area contributed by atoms with Crippen molar-refractivity contribution in [1.82, 2.24) is 10.2 Å². The number of nitrogens with zero attached hydrogens (tertiary/aromatic N) is 1. The van der Waals surface area contributed by atoms with E-state index in [4.69, 9.17) is 5.11 Å². The first-order valence-corrected chi connectivity index (χ1v) is 5.61. The van der Waals surface area contributed by atoms with E-state index < -0.39 is 5.97 Å². The fourth-order valence-corrected chi connectivity index (χ4v) is 2.35. The van der Waals surface area contributed by atoms with Gasteiger partial charge in [0, 0.05) is 32.2 Å². The first-order chi connectivity index (χ1) is 7.27. The summed E-state index contributed by atoms with van der Waals surface area (Å²) >= 11 is 0. The van der Waals surface area contributed by atoms with Crippen molar-refractivity contribution in [1.29, 1.82) is 0 Å². The van der Waals surface area contributed by atoms with E-state index in [1.54, 1.807) is 0 Å². The molecule has 0 saturated carbocycles. The van der Waals surface area contributed by atoms with E-state index in [0.717, 1.165) is 32.6 Å². The molecule has 0 aromatic rings. The van der Waals surface area contributed by atoms with Gasteiger partial charge in [-0.1, -0.05) is 12.2 Å². The zero-order valence-electron chi connectivity index (χ0n) is 8.85. The molecular weight excluding hydrogens is 192 g/mol. The number of carbonyl (C=O) groups is 1. The molecule has 84 valence electrons. The number of carboxylic acids is 1. The smallest absolute Gasteiger partial charge is 0.306 e. The fourth-order valence-electron chi connectivity index (χ4n) is 2.35. The Bertz CT molecular complexity index is 259. The standard InChI is InChI=1S/C11H18N2O2/c14-11(15)9-2-1-3-10(8-9)13-6-4-12-5-7-13/h1,3,9-10,12H,2,4-8H2,(H,14,15)/t9-,10?/m0/s1. The minimum Gasteiger partial charge on any atom is -0.481 e. The second-order valence-corrected chi connectivity index (χ2v) is 4.29. The monoisotopic (exact) mass is 210 g/mol. The summed E-state index contributed by atoms with van der Waals surface area (Å²) in [5.41, 5.74) is 0.